The van der Waals surface area contributed by atoms with Crippen LogP contribution in [0, 0.1) is 11.8 Å². The highest BCUT2D eigenvalue weighted by Gasteiger charge is 2.39. The van der Waals surface area contributed by atoms with Gasteiger partial charge in [0.15, 0.2) is 5.78 Å². The Labute approximate surface area is 185 Å². The smallest absolute Gasteiger partial charge is 0.227 e. The van der Waals surface area contributed by atoms with Crippen molar-refractivity contribution in [2.24, 2.45) is 11.8 Å². The number of rotatable bonds is 6. The summed E-state index contributed by atoms with van der Waals surface area (Å²) in [5, 5.41) is 8.27. The molecule has 1 aliphatic rings. The number of carbonyl (C=O) groups excluding carboxylic acids is 2. The molecule has 0 unspecified atom stereocenters. The summed E-state index contributed by atoms with van der Waals surface area (Å²) in [6.45, 7) is 2.07. The van der Waals surface area contributed by atoms with Crippen LogP contribution in [0.3, 0.4) is 0 Å². The second kappa shape index (κ2) is 8.23. The molecule has 5 rings (SSSR count). The molecule has 6 heteroatoms. The fraction of sp³-hybridized carbons (Fsp3) is 0.154. The minimum atomic E-state index is -0.107. The first-order valence-electron chi connectivity index (χ1n) is 10.6. The lowest BCUT2D eigenvalue weighted by atomic mass is 10.0. The number of carbonyl (C=O) groups is 2. The van der Waals surface area contributed by atoms with Crippen molar-refractivity contribution < 1.29 is 9.59 Å². The topological polar surface area (TPSA) is 76.9 Å². The number of fused-ring (bicyclic) bond motifs is 1. The van der Waals surface area contributed by atoms with Gasteiger partial charge in [0.25, 0.3) is 0 Å². The van der Waals surface area contributed by atoms with E-state index in [4.69, 9.17) is 0 Å². The summed E-state index contributed by atoms with van der Waals surface area (Å²) >= 11 is 0. The quantitative estimate of drug-likeness (QED) is 0.449. The van der Waals surface area contributed by atoms with Crippen molar-refractivity contribution >= 4 is 40.6 Å². The van der Waals surface area contributed by atoms with Gasteiger partial charge in [0.2, 0.25) is 5.91 Å². The number of hydrogen-bond acceptors (Lipinski definition) is 4. The fourth-order valence-electron chi connectivity index (χ4n) is 3.75. The summed E-state index contributed by atoms with van der Waals surface area (Å²) in [5.41, 5.74) is 3.38. The summed E-state index contributed by atoms with van der Waals surface area (Å²) in [5.74, 6) is 0.427. The number of nitrogens with zero attached hydrogens (tertiary/aromatic N) is 3. The normalized spacial score (nSPS) is 17.5. The van der Waals surface area contributed by atoms with Crippen LogP contribution in [0.1, 0.15) is 35.0 Å². The lowest BCUT2D eigenvalue weighted by Crippen LogP contribution is -2.14. The molecule has 1 amide bonds. The first-order chi connectivity index (χ1) is 15.6. The van der Waals surface area contributed by atoms with Crippen LogP contribution in [0.15, 0.2) is 73.1 Å². The largest absolute Gasteiger partial charge is 0.326 e. The van der Waals surface area contributed by atoms with Crippen molar-refractivity contribution in [2.75, 3.05) is 5.32 Å². The van der Waals surface area contributed by atoms with E-state index in [1.54, 1.807) is 41.3 Å². The summed E-state index contributed by atoms with van der Waals surface area (Å²) in [4.78, 5) is 29.7. The van der Waals surface area contributed by atoms with Crippen LogP contribution in [-0.2, 0) is 4.79 Å². The SMILES string of the molecule is C[C@@H]1C[C@H]1C(=O)Nc1cccc(C(=O)c2ccc3cnn(C=Cc4ccccn4)c3c2)c1. The summed E-state index contributed by atoms with van der Waals surface area (Å²) in [6.07, 6.45) is 8.12. The van der Waals surface area contributed by atoms with Gasteiger partial charge < -0.3 is 5.32 Å². The fourth-order valence-corrected chi connectivity index (χ4v) is 3.75. The van der Waals surface area contributed by atoms with E-state index in [1.807, 2.05) is 48.7 Å². The van der Waals surface area contributed by atoms with E-state index in [1.165, 1.54) is 0 Å². The van der Waals surface area contributed by atoms with E-state index in [2.05, 4.69) is 22.3 Å². The Morgan fingerprint density at radius 2 is 1.91 bits per heavy atom. The third-order valence-electron chi connectivity index (χ3n) is 5.77. The maximum atomic E-state index is 13.2. The average molecular weight is 422 g/mol. The molecule has 158 valence electrons. The molecule has 0 aliphatic heterocycles. The van der Waals surface area contributed by atoms with Gasteiger partial charge in [-0.05, 0) is 48.7 Å². The third-order valence-corrected chi connectivity index (χ3v) is 5.77. The molecule has 0 radical (unpaired) electrons. The maximum Gasteiger partial charge on any atom is 0.227 e. The Morgan fingerprint density at radius 3 is 2.69 bits per heavy atom. The van der Waals surface area contributed by atoms with Crippen molar-refractivity contribution in [2.45, 2.75) is 13.3 Å². The predicted molar refractivity (Wildman–Crippen MR) is 125 cm³/mol. The highest BCUT2D eigenvalue weighted by atomic mass is 16.2. The van der Waals surface area contributed by atoms with Crippen LogP contribution in [0.25, 0.3) is 23.2 Å². The molecule has 1 N–H and O–H groups in total. The van der Waals surface area contributed by atoms with Gasteiger partial charge in [-0.15, -0.1) is 0 Å². The second-order valence-corrected chi connectivity index (χ2v) is 8.15. The monoisotopic (exact) mass is 422 g/mol. The zero-order valence-electron chi connectivity index (χ0n) is 17.6. The van der Waals surface area contributed by atoms with E-state index in [0.29, 0.717) is 22.7 Å². The van der Waals surface area contributed by atoms with Crippen molar-refractivity contribution in [3.05, 3.63) is 89.9 Å². The molecule has 32 heavy (non-hydrogen) atoms. The van der Waals surface area contributed by atoms with Crippen LogP contribution in [0.5, 0.6) is 0 Å². The van der Waals surface area contributed by atoms with Crippen molar-refractivity contribution in [3.63, 3.8) is 0 Å². The Balaban J connectivity index is 1.39. The van der Waals surface area contributed by atoms with E-state index < -0.39 is 0 Å². The molecule has 2 aromatic carbocycles. The van der Waals surface area contributed by atoms with Crippen LogP contribution in [0.4, 0.5) is 5.69 Å². The zero-order chi connectivity index (χ0) is 22.1. The zero-order valence-corrected chi connectivity index (χ0v) is 17.6. The van der Waals surface area contributed by atoms with Crippen LogP contribution in [-0.4, -0.2) is 26.5 Å². The summed E-state index contributed by atoms with van der Waals surface area (Å²) in [6, 6.07) is 18.3. The molecule has 2 aromatic heterocycles. The van der Waals surface area contributed by atoms with E-state index in [9.17, 15) is 9.59 Å². The number of pyridine rings is 1. The van der Waals surface area contributed by atoms with Crippen LogP contribution < -0.4 is 5.32 Å². The molecule has 1 aliphatic carbocycles. The molecular weight excluding hydrogens is 400 g/mol. The van der Waals surface area contributed by atoms with Crippen molar-refractivity contribution in [3.8, 4) is 0 Å². The van der Waals surface area contributed by atoms with E-state index in [-0.39, 0.29) is 17.6 Å². The number of ketones is 1. The number of nitrogens with one attached hydrogen (secondary N) is 1. The minimum Gasteiger partial charge on any atom is -0.326 e. The predicted octanol–water partition coefficient (Wildman–Crippen LogP) is 4.88. The van der Waals surface area contributed by atoms with Crippen LogP contribution >= 0.6 is 0 Å². The molecule has 4 aromatic rings. The molecule has 6 nitrogen and oxygen atoms in total. The van der Waals surface area contributed by atoms with Gasteiger partial charge in [-0.2, -0.15) is 5.10 Å². The number of aromatic nitrogens is 3. The Kier molecular flexibility index (Phi) is 5.11. The molecule has 2 heterocycles. The standard InChI is InChI=1S/C26H22N4O2/c1-17-13-23(17)26(32)29-22-7-4-5-18(14-22)25(31)19-8-9-20-16-28-30(24(20)15-19)12-10-21-6-2-3-11-27-21/h2-12,14-17,23H,13H2,1H3,(H,29,32)/t17-,23-/m1/s1. The number of amides is 1. The Hall–Kier alpha value is -4.06. The molecule has 0 saturated heterocycles. The molecular formula is C26H22N4O2. The number of hydrogen-bond donors (Lipinski definition) is 1. The maximum absolute atomic E-state index is 13.2. The van der Waals surface area contributed by atoms with Gasteiger partial charge in [-0.25, -0.2) is 4.68 Å². The molecule has 0 spiro atoms. The lowest BCUT2D eigenvalue weighted by Gasteiger charge is -2.07. The molecule has 0 bridgehead atoms. The van der Waals surface area contributed by atoms with Gasteiger partial charge in [-0.1, -0.05) is 37.3 Å². The first-order valence-corrected chi connectivity index (χ1v) is 10.6. The van der Waals surface area contributed by atoms with Crippen molar-refractivity contribution in [1.82, 2.24) is 14.8 Å². The first kappa shape index (κ1) is 19.9. The van der Waals surface area contributed by atoms with Crippen molar-refractivity contribution in [1.29, 1.82) is 0 Å². The van der Waals surface area contributed by atoms with Gasteiger partial charge in [0.05, 0.1) is 17.4 Å². The lowest BCUT2D eigenvalue weighted by molar-refractivity contribution is -0.117. The van der Waals surface area contributed by atoms with Gasteiger partial charge in [0.1, 0.15) is 0 Å². The van der Waals surface area contributed by atoms with E-state index >= 15 is 0 Å². The molecule has 1 fully saturated rings. The van der Waals surface area contributed by atoms with E-state index in [0.717, 1.165) is 23.0 Å². The Bertz CT molecular complexity index is 1340. The summed E-state index contributed by atoms with van der Waals surface area (Å²) < 4.78 is 1.73. The third kappa shape index (κ3) is 4.07. The second-order valence-electron chi connectivity index (χ2n) is 8.15. The molecule has 2 atom stereocenters. The van der Waals surface area contributed by atoms with Gasteiger partial charge >= 0.3 is 0 Å². The summed E-state index contributed by atoms with van der Waals surface area (Å²) in [7, 11) is 0. The number of benzene rings is 2. The van der Waals surface area contributed by atoms with Gasteiger partial charge in [0, 0.05) is 40.5 Å². The minimum absolute atomic E-state index is 0.0205. The highest BCUT2D eigenvalue weighted by molar-refractivity contribution is 6.11. The number of anilines is 1. The Morgan fingerprint density at radius 1 is 1.06 bits per heavy atom. The molecule has 1 saturated carbocycles. The van der Waals surface area contributed by atoms with Gasteiger partial charge in [-0.3, -0.25) is 14.6 Å². The highest BCUT2D eigenvalue weighted by Crippen LogP contribution is 2.38. The average Bonchev–Trinajstić information content (AvgIpc) is 3.43. The van der Waals surface area contributed by atoms with Crippen LogP contribution in [0.2, 0.25) is 0 Å².